The van der Waals surface area contributed by atoms with E-state index in [1.54, 1.807) is 4.90 Å². The normalized spacial score (nSPS) is 16.9. The average molecular weight is 453 g/mol. The molecule has 1 aliphatic heterocycles. The number of benzene rings is 1. The van der Waals surface area contributed by atoms with Gasteiger partial charge >= 0.3 is 6.09 Å². The van der Waals surface area contributed by atoms with Crippen LogP contribution in [0.15, 0.2) is 16.6 Å². The van der Waals surface area contributed by atoms with Crippen LogP contribution >= 0.6 is 27.5 Å². The maximum Gasteiger partial charge on any atom is 0.407 e. The molecule has 1 saturated heterocycles. The number of rotatable bonds is 2. The summed E-state index contributed by atoms with van der Waals surface area (Å²) in [5, 5.41) is 28.3. The fraction of sp³-hybridized carbons (Fsp3) is 0.294. The smallest absolute Gasteiger partial charge is 0.407 e. The molecule has 1 aliphatic rings. The van der Waals surface area contributed by atoms with Crippen LogP contribution in [0.2, 0.25) is 5.15 Å². The molecule has 7 nitrogen and oxygen atoms in total. The van der Waals surface area contributed by atoms with Gasteiger partial charge in [-0.15, -0.1) is 0 Å². The maximum atomic E-state index is 14.2. The highest BCUT2D eigenvalue weighted by Gasteiger charge is 2.32. The number of halogens is 3. The number of hydrogen-bond acceptors (Lipinski definition) is 5. The van der Waals surface area contributed by atoms with E-state index >= 15 is 0 Å². The molecule has 0 bridgehead atoms. The van der Waals surface area contributed by atoms with Gasteiger partial charge in [0.05, 0.1) is 34.2 Å². The molecule has 0 aliphatic carbocycles. The van der Waals surface area contributed by atoms with Crippen LogP contribution in [0.4, 0.5) is 14.9 Å². The number of anilines is 1. The van der Waals surface area contributed by atoms with Gasteiger partial charge < -0.3 is 14.9 Å². The highest BCUT2D eigenvalue weighted by Crippen LogP contribution is 2.37. The van der Waals surface area contributed by atoms with E-state index in [2.05, 4.69) is 20.9 Å². The van der Waals surface area contributed by atoms with E-state index in [-0.39, 0.29) is 41.2 Å². The largest absolute Gasteiger partial charge is 0.465 e. The Balaban J connectivity index is 2.16. The maximum absolute atomic E-state index is 14.2. The zero-order chi connectivity index (χ0) is 19.7. The molecule has 0 unspecified atom stereocenters. The lowest BCUT2D eigenvalue weighted by Gasteiger charge is -2.40. The molecule has 1 atom stereocenters. The fourth-order valence-corrected chi connectivity index (χ4v) is 3.78. The van der Waals surface area contributed by atoms with E-state index in [0.717, 1.165) is 0 Å². The summed E-state index contributed by atoms with van der Waals surface area (Å²) in [6, 6.07) is 6.16. The Morgan fingerprint density at radius 2 is 2.19 bits per heavy atom. The van der Waals surface area contributed by atoms with E-state index in [1.807, 2.05) is 12.1 Å². The SMILES string of the molecule is N#CC[C@H]1CN(c2c(C#N)c(Cl)nc3cc(Br)c(F)cc23)CCN1C(=O)O. The van der Waals surface area contributed by atoms with Gasteiger partial charge in [-0.3, -0.25) is 0 Å². The first-order valence-electron chi connectivity index (χ1n) is 7.87. The first-order valence-corrected chi connectivity index (χ1v) is 9.04. The molecule has 1 fully saturated rings. The molecule has 10 heteroatoms. The highest BCUT2D eigenvalue weighted by molar-refractivity contribution is 9.10. The summed E-state index contributed by atoms with van der Waals surface area (Å²) in [5.74, 6) is -0.519. The Hall–Kier alpha value is -2.62. The third-order valence-electron chi connectivity index (χ3n) is 4.44. The van der Waals surface area contributed by atoms with Crippen LogP contribution in [0.25, 0.3) is 10.9 Å². The van der Waals surface area contributed by atoms with E-state index < -0.39 is 18.0 Å². The van der Waals surface area contributed by atoms with Crippen molar-refractivity contribution in [3.05, 3.63) is 33.1 Å². The quantitative estimate of drug-likeness (QED) is 0.696. The Kier molecular flexibility index (Phi) is 5.36. The number of nitrogens with zero attached hydrogens (tertiary/aromatic N) is 5. The lowest BCUT2D eigenvalue weighted by molar-refractivity contribution is 0.119. The van der Waals surface area contributed by atoms with Gasteiger partial charge in [-0.05, 0) is 28.1 Å². The number of hydrogen-bond donors (Lipinski definition) is 1. The highest BCUT2D eigenvalue weighted by atomic mass is 79.9. The van der Waals surface area contributed by atoms with Crippen molar-refractivity contribution in [1.82, 2.24) is 9.88 Å². The Morgan fingerprint density at radius 1 is 1.44 bits per heavy atom. The van der Waals surface area contributed by atoms with Crippen molar-refractivity contribution in [2.24, 2.45) is 0 Å². The molecule has 1 amide bonds. The molecule has 0 spiro atoms. The molecule has 0 radical (unpaired) electrons. The van der Waals surface area contributed by atoms with Crippen LogP contribution in [0.5, 0.6) is 0 Å². The predicted octanol–water partition coefficient (Wildman–Crippen LogP) is 3.74. The Labute approximate surface area is 167 Å². The van der Waals surface area contributed by atoms with Gasteiger partial charge in [0.2, 0.25) is 0 Å². The predicted molar refractivity (Wildman–Crippen MR) is 100 cm³/mol. The molecule has 3 rings (SSSR count). The zero-order valence-electron chi connectivity index (χ0n) is 13.8. The average Bonchev–Trinajstić information content (AvgIpc) is 2.62. The lowest BCUT2D eigenvalue weighted by atomic mass is 10.0. The molecule has 1 aromatic carbocycles. The van der Waals surface area contributed by atoms with Crippen LogP contribution in [0.1, 0.15) is 12.0 Å². The summed E-state index contributed by atoms with van der Waals surface area (Å²) < 4.78 is 14.4. The lowest BCUT2D eigenvalue weighted by Crippen LogP contribution is -2.55. The van der Waals surface area contributed by atoms with Crippen molar-refractivity contribution in [3.8, 4) is 12.1 Å². The van der Waals surface area contributed by atoms with Crippen LogP contribution in [0, 0.1) is 28.5 Å². The topological polar surface area (TPSA) is 104 Å². The van der Waals surface area contributed by atoms with E-state index in [1.165, 1.54) is 17.0 Å². The number of aromatic nitrogens is 1. The number of nitriles is 2. The summed E-state index contributed by atoms with van der Waals surface area (Å²) in [5.41, 5.74) is 0.886. The van der Waals surface area contributed by atoms with Crippen molar-refractivity contribution in [2.75, 3.05) is 24.5 Å². The van der Waals surface area contributed by atoms with Gasteiger partial charge in [-0.2, -0.15) is 10.5 Å². The second kappa shape index (κ2) is 7.55. The van der Waals surface area contributed by atoms with E-state index in [9.17, 15) is 19.6 Å². The van der Waals surface area contributed by atoms with Crippen LogP contribution in [-0.2, 0) is 0 Å². The van der Waals surface area contributed by atoms with Crippen molar-refractivity contribution < 1.29 is 14.3 Å². The van der Waals surface area contributed by atoms with Crippen LogP contribution in [0.3, 0.4) is 0 Å². The third-order valence-corrected chi connectivity index (χ3v) is 5.32. The Morgan fingerprint density at radius 3 is 2.81 bits per heavy atom. The zero-order valence-corrected chi connectivity index (χ0v) is 16.1. The van der Waals surface area contributed by atoms with E-state index in [4.69, 9.17) is 16.9 Å². The first-order chi connectivity index (χ1) is 12.9. The third kappa shape index (κ3) is 3.48. The molecular formula is C17H12BrClFN5O2. The van der Waals surface area contributed by atoms with Gasteiger partial charge in [0.25, 0.3) is 0 Å². The van der Waals surface area contributed by atoms with Crippen molar-refractivity contribution >= 4 is 50.2 Å². The number of amides is 1. The number of pyridine rings is 1. The van der Waals surface area contributed by atoms with Gasteiger partial charge in [0.15, 0.2) is 0 Å². The summed E-state index contributed by atoms with van der Waals surface area (Å²) >= 11 is 9.28. The Bertz CT molecular complexity index is 1020. The fourth-order valence-electron chi connectivity index (χ4n) is 3.23. The summed E-state index contributed by atoms with van der Waals surface area (Å²) in [7, 11) is 0. The van der Waals surface area contributed by atoms with Gasteiger partial charge in [-0.25, -0.2) is 14.2 Å². The minimum atomic E-state index is -1.11. The van der Waals surface area contributed by atoms with E-state index in [0.29, 0.717) is 16.6 Å². The number of carbonyl (C=O) groups is 1. The van der Waals surface area contributed by atoms with Gasteiger partial charge in [0, 0.05) is 25.0 Å². The van der Waals surface area contributed by atoms with Gasteiger partial charge in [0.1, 0.15) is 22.6 Å². The molecule has 27 heavy (non-hydrogen) atoms. The van der Waals surface area contributed by atoms with Crippen molar-refractivity contribution in [3.63, 3.8) is 0 Å². The van der Waals surface area contributed by atoms with Crippen LogP contribution < -0.4 is 4.90 Å². The van der Waals surface area contributed by atoms with Gasteiger partial charge in [-0.1, -0.05) is 11.6 Å². The van der Waals surface area contributed by atoms with Crippen LogP contribution in [-0.4, -0.2) is 46.8 Å². The minimum absolute atomic E-state index is 0.00133. The monoisotopic (exact) mass is 451 g/mol. The summed E-state index contributed by atoms with van der Waals surface area (Å²) in [6.07, 6.45) is -1.11. The molecule has 2 aromatic rings. The minimum Gasteiger partial charge on any atom is -0.465 e. The summed E-state index contributed by atoms with van der Waals surface area (Å²) in [4.78, 5) is 18.5. The molecule has 138 valence electrons. The standard InChI is InChI=1S/C17H12BrClFN5O2/c18-12-6-14-10(5-13(12)20)15(11(7-22)16(19)23-14)24-3-4-25(17(26)27)9(8-24)1-2-21/h5-6,9H,1,3-4,8H2,(H,26,27)/t9-/m0/s1. The molecule has 0 saturated carbocycles. The van der Waals surface area contributed by atoms with Crippen molar-refractivity contribution in [1.29, 1.82) is 10.5 Å². The number of carboxylic acid groups (broad SMARTS) is 1. The molecule has 2 heterocycles. The second-order valence-electron chi connectivity index (χ2n) is 5.96. The second-order valence-corrected chi connectivity index (χ2v) is 7.17. The molecule has 1 N–H and O–H groups in total. The number of piperazine rings is 1. The molecular weight excluding hydrogens is 441 g/mol. The summed E-state index contributed by atoms with van der Waals surface area (Å²) in [6.45, 7) is 0.602. The van der Waals surface area contributed by atoms with Crippen molar-refractivity contribution in [2.45, 2.75) is 12.5 Å². The number of fused-ring (bicyclic) bond motifs is 1. The first kappa shape index (κ1) is 19.2. The molecule has 1 aromatic heterocycles.